The molecule has 2 rings (SSSR count). The molecule has 4 heteroatoms. The molecule has 0 saturated carbocycles. The summed E-state index contributed by atoms with van der Waals surface area (Å²) >= 11 is 1.80. The SMILES string of the molecule is C1NCC2[N]CSC2O1. The van der Waals surface area contributed by atoms with Crippen molar-refractivity contribution in [2.45, 2.75) is 11.5 Å². The van der Waals surface area contributed by atoms with Gasteiger partial charge in [0.25, 0.3) is 0 Å². The van der Waals surface area contributed by atoms with Crippen LogP contribution in [0.2, 0.25) is 0 Å². The molecule has 0 aromatic carbocycles. The lowest BCUT2D eigenvalue weighted by Crippen LogP contribution is -2.44. The summed E-state index contributed by atoms with van der Waals surface area (Å²) in [4.78, 5) is 0. The molecule has 1 radical (unpaired) electrons. The number of ether oxygens (including phenoxy) is 1. The fourth-order valence-corrected chi connectivity index (χ4v) is 2.07. The lowest BCUT2D eigenvalue weighted by atomic mass is 10.3. The molecule has 0 aliphatic carbocycles. The molecular formula is C5H9N2OS. The Kier molecular flexibility index (Phi) is 1.63. The van der Waals surface area contributed by atoms with Crippen molar-refractivity contribution in [2.75, 3.05) is 19.2 Å². The smallest absolute Gasteiger partial charge is 0.124 e. The van der Waals surface area contributed by atoms with Crippen molar-refractivity contribution in [3.8, 4) is 0 Å². The van der Waals surface area contributed by atoms with Crippen LogP contribution >= 0.6 is 11.8 Å². The molecule has 9 heavy (non-hydrogen) atoms. The quantitative estimate of drug-likeness (QED) is 0.502. The van der Waals surface area contributed by atoms with Gasteiger partial charge in [-0.05, 0) is 0 Å². The van der Waals surface area contributed by atoms with Crippen molar-refractivity contribution >= 4 is 11.8 Å². The Morgan fingerprint density at radius 2 is 2.67 bits per heavy atom. The number of hydrogen-bond acceptors (Lipinski definition) is 3. The van der Waals surface area contributed by atoms with Crippen molar-refractivity contribution in [1.29, 1.82) is 0 Å². The molecular weight excluding hydrogens is 136 g/mol. The van der Waals surface area contributed by atoms with Crippen LogP contribution in [-0.2, 0) is 4.74 Å². The number of rotatable bonds is 0. The van der Waals surface area contributed by atoms with Crippen LogP contribution in [0.5, 0.6) is 0 Å². The van der Waals surface area contributed by atoms with Crippen LogP contribution in [0, 0.1) is 0 Å². The van der Waals surface area contributed by atoms with Crippen LogP contribution in [0.3, 0.4) is 0 Å². The molecule has 1 N–H and O–H groups in total. The fourth-order valence-electron chi connectivity index (χ4n) is 1.08. The molecule has 0 aromatic heterocycles. The predicted molar refractivity (Wildman–Crippen MR) is 36.1 cm³/mol. The van der Waals surface area contributed by atoms with E-state index < -0.39 is 0 Å². The first-order chi connectivity index (χ1) is 4.47. The Hall–Kier alpha value is 0.230. The first kappa shape index (κ1) is 5.97. The zero-order valence-electron chi connectivity index (χ0n) is 5.04. The van der Waals surface area contributed by atoms with E-state index in [-0.39, 0.29) is 0 Å². The third-order valence-electron chi connectivity index (χ3n) is 1.57. The van der Waals surface area contributed by atoms with Crippen LogP contribution in [0.25, 0.3) is 0 Å². The van der Waals surface area contributed by atoms with E-state index >= 15 is 0 Å². The van der Waals surface area contributed by atoms with E-state index in [1.165, 1.54) is 0 Å². The summed E-state index contributed by atoms with van der Waals surface area (Å²) in [6, 6.07) is 0.420. The average molecular weight is 145 g/mol. The number of thioether (sulfide) groups is 1. The van der Waals surface area contributed by atoms with E-state index in [9.17, 15) is 0 Å². The summed E-state index contributed by atoms with van der Waals surface area (Å²) in [5.74, 6) is 0.914. The second kappa shape index (κ2) is 2.46. The van der Waals surface area contributed by atoms with Crippen molar-refractivity contribution < 1.29 is 4.74 Å². The molecule has 2 aliphatic heterocycles. The first-order valence-corrected chi connectivity index (χ1v) is 4.12. The summed E-state index contributed by atoms with van der Waals surface area (Å²) in [6.07, 6.45) is 0. The van der Waals surface area contributed by atoms with Crippen molar-refractivity contribution in [3.05, 3.63) is 0 Å². The topological polar surface area (TPSA) is 35.4 Å². The largest absolute Gasteiger partial charge is 0.351 e. The van der Waals surface area contributed by atoms with Gasteiger partial charge in [-0.1, -0.05) is 0 Å². The van der Waals surface area contributed by atoms with Crippen molar-refractivity contribution in [3.63, 3.8) is 0 Å². The molecule has 2 heterocycles. The summed E-state index contributed by atoms with van der Waals surface area (Å²) in [5, 5.41) is 7.46. The summed E-state index contributed by atoms with van der Waals surface area (Å²) in [6.45, 7) is 1.70. The summed E-state index contributed by atoms with van der Waals surface area (Å²) < 4.78 is 5.36. The van der Waals surface area contributed by atoms with E-state index in [1.807, 2.05) is 0 Å². The second-order valence-electron chi connectivity index (χ2n) is 2.18. The van der Waals surface area contributed by atoms with Gasteiger partial charge in [0.1, 0.15) is 5.44 Å². The fraction of sp³-hybridized carbons (Fsp3) is 1.00. The van der Waals surface area contributed by atoms with Crippen LogP contribution < -0.4 is 10.6 Å². The molecule has 0 amide bonds. The second-order valence-corrected chi connectivity index (χ2v) is 3.24. The van der Waals surface area contributed by atoms with Gasteiger partial charge in [0.2, 0.25) is 0 Å². The van der Waals surface area contributed by atoms with Crippen LogP contribution in [0.15, 0.2) is 0 Å². The molecule has 0 spiro atoms. The minimum Gasteiger partial charge on any atom is -0.351 e. The minimum absolute atomic E-state index is 0.353. The standard InChI is InChI=1S/C5H9N2OS/c1-4-5(8-2-6-1)9-3-7-4/h4-6H,1-3H2. The highest BCUT2D eigenvalue weighted by molar-refractivity contribution is 8.00. The van der Waals surface area contributed by atoms with E-state index in [0.29, 0.717) is 18.2 Å². The van der Waals surface area contributed by atoms with Gasteiger partial charge in [-0.25, -0.2) is 5.32 Å². The van der Waals surface area contributed by atoms with Gasteiger partial charge in [0.05, 0.1) is 18.6 Å². The van der Waals surface area contributed by atoms with E-state index in [0.717, 1.165) is 12.4 Å². The number of nitrogens with one attached hydrogen (secondary N) is 1. The molecule has 51 valence electrons. The lowest BCUT2D eigenvalue weighted by molar-refractivity contribution is 0.0446. The molecule has 2 fully saturated rings. The van der Waals surface area contributed by atoms with E-state index in [2.05, 4.69) is 10.6 Å². The zero-order valence-corrected chi connectivity index (χ0v) is 5.86. The Morgan fingerprint density at radius 3 is 3.56 bits per heavy atom. The summed E-state index contributed by atoms with van der Waals surface area (Å²) in [5.41, 5.74) is 0.353. The highest BCUT2D eigenvalue weighted by atomic mass is 32.2. The lowest BCUT2D eigenvalue weighted by Gasteiger charge is -2.24. The third-order valence-corrected chi connectivity index (χ3v) is 2.64. The molecule has 0 aromatic rings. The number of fused-ring (bicyclic) bond motifs is 1. The maximum absolute atomic E-state index is 5.36. The highest BCUT2D eigenvalue weighted by Crippen LogP contribution is 2.24. The van der Waals surface area contributed by atoms with Gasteiger partial charge in [-0.3, -0.25) is 5.32 Å². The van der Waals surface area contributed by atoms with Gasteiger partial charge in [0.15, 0.2) is 0 Å². The van der Waals surface area contributed by atoms with Gasteiger partial charge in [0, 0.05) is 6.54 Å². The highest BCUT2D eigenvalue weighted by Gasteiger charge is 2.31. The maximum Gasteiger partial charge on any atom is 0.124 e. The van der Waals surface area contributed by atoms with Gasteiger partial charge in [-0.15, -0.1) is 11.8 Å². The van der Waals surface area contributed by atoms with Gasteiger partial charge >= 0.3 is 0 Å². The molecule has 2 atom stereocenters. The summed E-state index contributed by atoms with van der Waals surface area (Å²) in [7, 11) is 0. The Balaban J connectivity index is 1.97. The van der Waals surface area contributed by atoms with E-state index in [4.69, 9.17) is 4.74 Å². The average Bonchev–Trinajstić information content (AvgIpc) is 2.33. The van der Waals surface area contributed by atoms with Crippen LogP contribution in [0.1, 0.15) is 0 Å². The molecule has 2 saturated heterocycles. The molecule has 3 nitrogen and oxygen atoms in total. The molecule has 2 unspecified atom stereocenters. The van der Waals surface area contributed by atoms with Crippen LogP contribution in [0.4, 0.5) is 0 Å². The number of nitrogens with zero attached hydrogens (tertiary/aromatic N) is 1. The third kappa shape index (κ3) is 1.08. The van der Waals surface area contributed by atoms with Crippen molar-refractivity contribution in [1.82, 2.24) is 10.6 Å². The molecule has 0 bridgehead atoms. The monoisotopic (exact) mass is 145 g/mol. The van der Waals surface area contributed by atoms with Gasteiger partial charge < -0.3 is 4.74 Å². The van der Waals surface area contributed by atoms with Gasteiger partial charge in [-0.2, -0.15) is 0 Å². The first-order valence-electron chi connectivity index (χ1n) is 3.07. The minimum atomic E-state index is 0.353. The Labute approximate surface area is 58.5 Å². The Morgan fingerprint density at radius 1 is 1.67 bits per heavy atom. The maximum atomic E-state index is 5.36. The van der Waals surface area contributed by atoms with E-state index in [1.54, 1.807) is 11.8 Å². The Bertz CT molecular complexity index is 99.1. The predicted octanol–water partition coefficient (Wildman–Crippen LogP) is -0.433. The van der Waals surface area contributed by atoms with Crippen LogP contribution in [-0.4, -0.2) is 30.6 Å². The van der Waals surface area contributed by atoms with Crippen molar-refractivity contribution in [2.24, 2.45) is 0 Å². The number of hydrogen-bond donors (Lipinski definition) is 1. The molecule has 2 aliphatic rings. The normalized spacial score (nSPS) is 42.7. The zero-order chi connectivity index (χ0) is 6.10.